The summed E-state index contributed by atoms with van der Waals surface area (Å²) in [6.07, 6.45) is 1.36. The van der Waals surface area contributed by atoms with E-state index in [1.165, 1.54) is 16.7 Å². The van der Waals surface area contributed by atoms with Gasteiger partial charge in [0.25, 0.3) is 0 Å². The number of benzene rings is 1. The Hall–Kier alpha value is -0.820. The summed E-state index contributed by atoms with van der Waals surface area (Å²) in [5.41, 5.74) is 4.23. The molecule has 0 bridgehead atoms. The summed E-state index contributed by atoms with van der Waals surface area (Å²) >= 11 is 0. The third-order valence-electron chi connectivity index (χ3n) is 2.56. The minimum absolute atomic E-state index is 0.287. The van der Waals surface area contributed by atoms with Gasteiger partial charge in [-0.1, -0.05) is 18.2 Å². The van der Waals surface area contributed by atoms with Gasteiger partial charge >= 0.3 is 0 Å². The molecule has 12 heavy (non-hydrogen) atoms. The van der Waals surface area contributed by atoms with Crippen molar-refractivity contribution in [2.24, 2.45) is 0 Å². The van der Waals surface area contributed by atoms with Crippen LogP contribution < -0.4 is 0 Å². The molecule has 1 heterocycles. The van der Waals surface area contributed by atoms with Gasteiger partial charge < -0.3 is 4.74 Å². The van der Waals surface area contributed by atoms with E-state index in [4.69, 9.17) is 4.74 Å². The Balaban J connectivity index is 2.53. The van der Waals surface area contributed by atoms with E-state index < -0.39 is 0 Å². The monoisotopic (exact) mass is 162 g/mol. The van der Waals surface area contributed by atoms with E-state index >= 15 is 0 Å². The van der Waals surface area contributed by atoms with Crippen molar-refractivity contribution in [3.63, 3.8) is 0 Å². The first-order valence-electron chi connectivity index (χ1n) is 4.49. The normalized spacial score (nSPS) is 22.0. The quantitative estimate of drug-likeness (QED) is 0.569. The fourth-order valence-corrected chi connectivity index (χ4v) is 1.97. The molecule has 64 valence electrons. The van der Waals surface area contributed by atoms with Crippen LogP contribution >= 0.6 is 0 Å². The van der Waals surface area contributed by atoms with E-state index in [2.05, 4.69) is 32.0 Å². The second kappa shape index (κ2) is 2.91. The van der Waals surface area contributed by atoms with Crippen molar-refractivity contribution < 1.29 is 4.74 Å². The van der Waals surface area contributed by atoms with Gasteiger partial charge in [-0.2, -0.15) is 0 Å². The molecule has 1 aromatic carbocycles. The van der Waals surface area contributed by atoms with E-state index in [-0.39, 0.29) is 6.10 Å². The van der Waals surface area contributed by atoms with Gasteiger partial charge in [0.15, 0.2) is 0 Å². The molecular weight excluding hydrogens is 148 g/mol. The molecular formula is C11H14O. The van der Waals surface area contributed by atoms with Gasteiger partial charge in [0.05, 0.1) is 12.7 Å². The lowest BCUT2D eigenvalue weighted by Crippen LogP contribution is -2.14. The van der Waals surface area contributed by atoms with Crippen LogP contribution in [0.15, 0.2) is 18.2 Å². The topological polar surface area (TPSA) is 9.23 Å². The Labute approximate surface area is 73.4 Å². The maximum absolute atomic E-state index is 5.59. The smallest absolute Gasteiger partial charge is 0.0802 e. The van der Waals surface area contributed by atoms with Crippen molar-refractivity contribution >= 4 is 0 Å². The molecule has 0 fully saturated rings. The highest BCUT2D eigenvalue weighted by atomic mass is 16.5. The van der Waals surface area contributed by atoms with Crippen molar-refractivity contribution in [3.8, 4) is 0 Å². The fraction of sp³-hybridized carbons (Fsp3) is 0.455. The van der Waals surface area contributed by atoms with Crippen molar-refractivity contribution in [3.05, 3.63) is 34.9 Å². The molecule has 1 aliphatic heterocycles. The van der Waals surface area contributed by atoms with E-state index in [0.717, 1.165) is 13.0 Å². The van der Waals surface area contributed by atoms with Crippen molar-refractivity contribution in [1.82, 2.24) is 0 Å². The summed E-state index contributed by atoms with van der Waals surface area (Å²) < 4.78 is 5.59. The molecule has 0 radical (unpaired) electrons. The minimum atomic E-state index is 0.287. The number of ether oxygens (including phenoxy) is 1. The molecule has 1 unspecified atom stereocenters. The molecule has 2 rings (SSSR count). The summed E-state index contributed by atoms with van der Waals surface area (Å²) in [6, 6.07) is 6.50. The summed E-state index contributed by atoms with van der Waals surface area (Å²) in [5.74, 6) is 0. The molecule has 0 aliphatic carbocycles. The SMILES string of the molecule is Cc1cccc2c1C(C)OCC2. The molecule has 0 spiro atoms. The summed E-state index contributed by atoms with van der Waals surface area (Å²) in [6.45, 7) is 5.16. The molecule has 0 amide bonds. The minimum Gasteiger partial charge on any atom is -0.373 e. The summed E-state index contributed by atoms with van der Waals surface area (Å²) in [4.78, 5) is 0. The number of fused-ring (bicyclic) bond motifs is 1. The Morgan fingerprint density at radius 3 is 3.00 bits per heavy atom. The Kier molecular flexibility index (Phi) is 1.89. The molecule has 1 aromatic rings. The Morgan fingerprint density at radius 2 is 2.25 bits per heavy atom. The maximum Gasteiger partial charge on any atom is 0.0802 e. The van der Waals surface area contributed by atoms with Crippen LogP contribution in [0.2, 0.25) is 0 Å². The average Bonchev–Trinajstić information content (AvgIpc) is 2.04. The third-order valence-corrected chi connectivity index (χ3v) is 2.56. The first kappa shape index (κ1) is 7.81. The molecule has 0 saturated carbocycles. The molecule has 1 heteroatoms. The van der Waals surface area contributed by atoms with Crippen LogP contribution in [-0.4, -0.2) is 6.61 Å². The van der Waals surface area contributed by atoms with Crippen molar-refractivity contribution in [2.75, 3.05) is 6.61 Å². The van der Waals surface area contributed by atoms with Gasteiger partial charge in [0.2, 0.25) is 0 Å². The summed E-state index contributed by atoms with van der Waals surface area (Å²) in [7, 11) is 0. The Morgan fingerprint density at radius 1 is 1.42 bits per heavy atom. The van der Waals surface area contributed by atoms with Crippen LogP contribution in [0.25, 0.3) is 0 Å². The third kappa shape index (κ3) is 1.14. The van der Waals surface area contributed by atoms with Crippen LogP contribution in [0.3, 0.4) is 0 Å². The predicted molar refractivity (Wildman–Crippen MR) is 49.3 cm³/mol. The van der Waals surface area contributed by atoms with Crippen LogP contribution in [0.1, 0.15) is 29.7 Å². The molecule has 0 N–H and O–H groups in total. The number of hydrogen-bond acceptors (Lipinski definition) is 1. The zero-order valence-corrected chi connectivity index (χ0v) is 7.63. The Bertz CT molecular complexity index is 291. The standard InChI is InChI=1S/C11H14O/c1-8-4-3-5-10-6-7-12-9(2)11(8)10/h3-5,9H,6-7H2,1-2H3. The zero-order valence-electron chi connectivity index (χ0n) is 7.63. The van der Waals surface area contributed by atoms with Crippen molar-refractivity contribution in [2.45, 2.75) is 26.4 Å². The van der Waals surface area contributed by atoms with Gasteiger partial charge in [-0.3, -0.25) is 0 Å². The van der Waals surface area contributed by atoms with E-state index in [1.807, 2.05) is 0 Å². The van der Waals surface area contributed by atoms with Gasteiger partial charge in [-0.05, 0) is 37.0 Å². The van der Waals surface area contributed by atoms with E-state index in [9.17, 15) is 0 Å². The van der Waals surface area contributed by atoms with Crippen molar-refractivity contribution in [1.29, 1.82) is 0 Å². The highest BCUT2D eigenvalue weighted by Crippen LogP contribution is 2.28. The summed E-state index contributed by atoms with van der Waals surface area (Å²) in [5, 5.41) is 0. The average molecular weight is 162 g/mol. The van der Waals surface area contributed by atoms with Gasteiger partial charge in [0.1, 0.15) is 0 Å². The lowest BCUT2D eigenvalue weighted by Gasteiger charge is -2.24. The zero-order chi connectivity index (χ0) is 8.55. The molecule has 1 aliphatic rings. The van der Waals surface area contributed by atoms with Crippen LogP contribution in [-0.2, 0) is 11.2 Å². The molecule has 0 aromatic heterocycles. The molecule has 0 saturated heterocycles. The van der Waals surface area contributed by atoms with E-state index in [1.54, 1.807) is 0 Å². The van der Waals surface area contributed by atoms with Crippen LogP contribution in [0.5, 0.6) is 0 Å². The lowest BCUT2D eigenvalue weighted by molar-refractivity contribution is 0.0550. The van der Waals surface area contributed by atoms with Gasteiger partial charge in [-0.25, -0.2) is 0 Å². The second-order valence-electron chi connectivity index (χ2n) is 3.41. The van der Waals surface area contributed by atoms with Crippen LogP contribution in [0.4, 0.5) is 0 Å². The fourth-order valence-electron chi connectivity index (χ4n) is 1.97. The highest BCUT2D eigenvalue weighted by molar-refractivity contribution is 5.37. The lowest BCUT2D eigenvalue weighted by atomic mass is 9.94. The first-order chi connectivity index (χ1) is 5.79. The second-order valence-corrected chi connectivity index (χ2v) is 3.41. The van der Waals surface area contributed by atoms with Gasteiger partial charge in [0, 0.05) is 0 Å². The number of rotatable bonds is 0. The highest BCUT2D eigenvalue weighted by Gasteiger charge is 2.17. The molecule has 1 atom stereocenters. The molecule has 1 nitrogen and oxygen atoms in total. The predicted octanol–water partition coefficient (Wildman–Crippen LogP) is 2.63. The largest absolute Gasteiger partial charge is 0.373 e. The van der Waals surface area contributed by atoms with Gasteiger partial charge in [-0.15, -0.1) is 0 Å². The first-order valence-corrected chi connectivity index (χ1v) is 4.49. The maximum atomic E-state index is 5.59. The number of aryl methyl sites for hydroxylation is 1. The van der Waals surface area contributed by atoms with Crippen LogP contribution in [0, 0.1) is 6.92 Å². The van der Waals surface area contributed by atoms with E-state index in [0.29, 0.717) is 0 Å². The number of hydrogen-bond donors (Lipinski definition) is 0.